The molecule has 0 aliphatic carbocycles. The lowest BCUT2D eigenvalue weighted by Crippen LogP contribution is -2.26. The molecule has 0 fully saturated rings. The largest absolute Gasteiger partial charge is 0.462 e. The van der Waals surface area contributed by atoms with Crippen molar-refractivity contribution in [3.8, 4) is 6.07 Å². The van der Waals surface area contributed by atoms with Crippen molar-refractivity contribution < 1.29 is 9.53 Å². The number of nitriles is 1. The van der Waals surface area contributed by atoms with E-state index in [1.807, 2.05) is 6.92 Å². The van der Waals surface area contributed by atoms with E-state index in [-0.39, 0.29) is 17.7 Å². The molecule has 0 N–H and O–H groups in total. The zero-order valence-electron chi connectivity index (χ0n) is 10.8. The Bertz CT molecular complexity index is 553. The summed E-state index contributed by atoms with van der Waals surface area (Å²) in [5.41, 5.74) is 0.178. The van der Waals surface area contributed by atoms with Crippen molar-refractivity contribution in [2.45, 2.75) is 26.7 Å². The van der Waals surface area contributed by atoms with E-state index in [2.05, 4.69) is 0 Å². The van der Waals surface area contributed by atoms with Gasteiger partial charge in [-0.15, -0.1) is 0 Å². The van der Waals surface area contributed by atoms with Gasteiger partial charge in [-0.3, -0.25) is 4.79 Å². The summed E-state index contributed by atoms with van der Waals surface area (Å²) in [6.45, 7) is 3.87. The van der Waals surface area contributed by atoms with Crippen LogP contribution in [0.4, 0.5) is 0 Å². The molecular weight excluding hydrogens is 232 g/mol. The van der Waals surface area contributed by atoms with Gasteiger partial charge in [-0.05, 0) is 19.4 Å². The zero-order chi connectivity index (χ0) is 13.7. The normalized spacial score (nSPS) is 9.89. The number of rotatable bonds is 4. The monoisotopic (exact) mass is 248 g/mol. The highest BCUT2D eigenvalue weighted by Crippen LogP contribution is 2.10. The van der Waals surface area contributed by atoms with Crippen molar-refractivity contribution in [1.29, 1.82) is 5.26 Å². The van der Waals surface area contributed by atoms with Gasteiger partial charge in [0.1, 0.15) is 11.6 Å². The Morgan fingerprint density at radius 2 is 2.17 bits per heavy atom. The minimum atomic E-state index is -0.621. The van der Waals surface area contributed by atoms with E-state index in [9.17, 15) is 9.59 Å². The maximum absolute atomic E-state index is 12.0. The van der Waals surface area contributed by atoms with Crippen molar-refractivity contribution in [2.75, 3.05) is 6.61 Å². The third kappa shape index (κ3) is 2.59. The fourth-order valence-corrected chi connectivity index (χ4v) is 1.72. The van der Waals surface area contributed by atoms with Gasteiger partial charge in [-0.25, -0.2) is 4.79 Å². The minimum absolute atomic E-state index is 0.0610. The van der Waals surface area contributed by atoms with Crippen LogP contribution in [0.5, 0.6) is 0 Å². The van der Waals surface area contributed by atoms with E-state index in [0.29, 0.717) is 6.42 Å². The van der Waals surface area contributed by atoms with Crippen LogP contribution < -0.4 is 5.56 Å². The number of hydrogen-bond donors (Lipinski definition) is 0. The fourth-order valence-electron chi connectivity index (χ4n) is 1.72. The molecule has 0 atom stereocenters. The predicted molar refractivity (Wildman–Crippen MR) is 66.3 cm³/mol. The Labute approximate surface area is 106 Å². The van der Waals surface area contributed by atoms with Crippen LogP contribution in [0.25, 0.3) is 0 Å². The summed E-state index contributed by atoms with van der Waals surface area (Å²) in [5, 5.41) is 8.99. The standard InChI is InChI=1S/C13H16N2O3/c1-4-6-9-7-10(13(17)18-5-2)11(8-14)12(16)15(9)3/h7H,4-6H2,1-3H3. The number of ether oxygens (including phenoxy) is 1. The van der Waals surface area contributed by atoms with Crippen molar-refractivity contribution in [1.82, 2.24) is 4.57 Å². The van der Waals surface area contributed by atoms with E-state index in [4.69, 9.17) is 10.00 Å². The molecule has 0 unspecified atom stereocenters. The molecule has 0 amide bonds. The second-order valence-corrected chi connectivity index (χ2v) is 3.87. The highest BCUT2D eigenvalue weighted by molar-refractivity contribution is 5.92. The maximum Gasteiger partial charge on any atom is 0.339 e. The number of pyridine rings is 1. The lowest BCUT2D eigenvalue weighted by atomic mass is 10.1. The second kappa shape index (κ2) is 6.01. The molecule has 5 heteroatoms. The van der Waals surface area contributed by atoms with Crippen LogP contribution >= 0.6 is 0 Å². The number of aryl methyl sites for hydroxylation is 1. The van der Waals surface area contributed by atoms with Gasteiger partial charge in [0, 0.05) is 12.7 Å². The van der Waals surface area contributed by atoms with Gasteiger partial charge in [0.2, 0.25) is 0 Å². The molecule has 0 aliphatic heterocycles. The third-order valence-corrected chi connectivity index (χ3v) is 2.64. The zero-order valence-corrected chi connectivity index (χ0v) is 10.8. The van der Waals surface area contributed by atoms with Gasteiger partial charge in [0.05, 0.1) is 12.2 Å². The average molecular weight is 248 g/mol. The first-order valence-electron chi connectivity index (χ1n) is 5.86. The number of hydrogen-bond acceptors (Lipinski definition) is 4. The Balaban J connectivity index is 3.45. The highest BCUT2D eigenvalue weighted by Gasteiger charge is 2.18. The lowest BCUT2D eigenvalue weighted by molar-refractivity contribution is 0.0525. The summed E-state index contributed by atoms with van der Waals surface area (Å²) in [6.07, 6.45) is 1.52. The number of nitrogens with zero attached hydrogens (tertiary/aromatic N) is 2. The number of carbonyl (C=O) groups is 1. The van der Waals surface area contributed by atoms with Crippen LogP contribution in [0, 0.1) is 11.3 Å². The second-order valence-electron chi connectivity index (χ2n) is 3.87. The lowest BCUT2D eigenvalue weighted by Gasteiger charge is -2.11. The van der Waals surface area contributed by atoms with E-state index in [1.54, 1.807) is 26.1 Å². The molecule has 0 saturated carbocycles. The van der Waals surface area contributed by atoms with Gasteiger partial charge in [-0.1, -0.05) is 13.3 Å². The molecule has 0 aromatic carbocycles. The Morgan fingerprint density at radius 1 is 1.50 bits per heavy atom. The van der Waals surface area contributed by atoms with Crippen LogP contribution in [0.1, 0.15) is 41.9 Å². The van der Waals surface area contributed by atoms with Crippen LogP contribution in [0.2, 0.25) is 0 Å². The van der Waals surface area contributed by atoms with Crippen molar-refractivity contribution in [3.05, 3.63) is 33.2 Å². The Kier molecular flexibility index (Phi) is 4.67. The molecule has 1 rings (SSSR count). The number of aromatic nitrogens is 1. The van der Waals surface area contributed by atoms with Crippen molar-refractivity contribution >= 4 is 5.97 Å². The molecule has 0 spiro atoms. The summed E-state index contributed by atoms with van der Waals surface area (Å²) in [5.74, 6) is -0.621. The molecule has 96 valence electrons. The van der Waals surface area contributed by atoms with E-state index in [1.165, 1.54) is 4.57 Å². The van der Waals surface area contributed by atoms with Gasteiger partial charge in [0.15, 0.2) is 0 Å². The van der Waals surface area contributed by atoms with Gasteiger partial charge >= 0.3 is 5.97 Å². The van der Waals surface area contributed by atoms with E-state index < -0.39 is 11.5 Å². The molecule has 18 heavy (non-hydrogen) atoms. The van der Waals surface area contributed by atoms with Gasteiger partial charge in [-0.2, -0.15) is 5.26 Å². The average Bonchev–Trinajstić information content (AvgIpc) is 2.35. The fraction of sp³-hybridized carbons (Fsp3) is 0.462. The Hall–Kier alpha value is -2.09. The molecule has 0 aliphatic rings. The molecular formula is C13H16N2O3. The predicted octanol–water partition coefficient (Wildman–Crippen LogP) is 1.39. The number of esters is 1. The maximum atomic E-state index is 12.0. The van der Waals surface area contributed by atoms with E-state index in [0.717, 1.165) is 12.1 Å². The molecule has 0 saturated heterocycles. The highest BCUT2D eigenvalue weighted by atomic mass is 16.5. The van der Waals surface area contributed by atoms with Crippen LogP contribution in [-0.2, 0) is 18.2 Å². The smallest absolute Gasteiger partial charge is 0.339 e. The molecule has 0 bridgehead atoms. The first-order chi connectivity index (χ1) is 8.56. The molecule has 0 radical (unpaired) electrons. The third-order valence-electron chi connectivity index (χ3n) is 2.64. The van der Waals surface area contributed by atoms with Crippen LogP contribution in [-0.4, -0.2) is 17.1 Å². The quantitative estimate of drug-likeness (QED) is 0.755. The summed E-state index contributed by atoms with van der Waals surface area (Å²) in [4.78, 5) is 23.7. The summed E-state index contributed by atoms with van der Waals surface area (Å²) in [6, 6.07) is 3.35. The van der Waals surface area contributed by atoms with Gasteiger partial charge in [0.25, 0.3) is 5.56 Å². The first kappa shape index (κ1) is 14.0. The number of carbonyl (C=O) groups excluding carboxylic acids is 1. The van der Waals surface area contributed by atoms with Crippen LogP contribution in [0.3, 0.4) is 0 Å². The van der Waals surface area contributed by atoms with Crippen molar-refractivity contribution in [3.63, 3.8) is 0 Å². The molecule has 1 aromatic heterocycles. The van der Waals surface area contributed by atoms with Crippen molar-refractivity contribution in [2.24, 2.45) is 7.05 Å². The Morgan fingerprint density at radius 3 is 2.67 bits per heavy atom. The minimum Gasteiger partial charge on any atom is -0.462 e. The first-order valence-corrected chi connectivity index (χ1v) is 5.86. The topological polar surface area (TPSA) is 72.1 Å². The van der Waals surface area contributed by atoms with Gasteiger partial charge < -0.3 is 9.30 Å². The molecule has 1 heterocycles. The summed E-state index contributed by atoms with van der Waals surface area (Å²) in [7, 11) is 1.60. The summed E-state index contributed by atoms with van der Waals surface area (Å²) >= 11 is 0. The van der Waals surface area contributed by atoms with Crippen LogP contribution in [0.15, 0.2) is 10.9 Å². The molecule has 5 nitrogen and oxygen atoms in total. The molecule has 1 aromatic rings. The SMILES string of the molecule is CCCc1cc(C(=O)OCC)c(C#N)c(=O)n1C. The summed E-state index contributed by atoms with van der Waals surface area (Å²) < 4.78 is 6.27. The van der Waals surface area contributed by atoms with E-state index >= 15 is 0 Å².